The fraction of sp³-hybridized carbons (Fsp3) is 0.107. The van der Waals surface area contributed by atoms with Crippen LogP contribution in [0.4, 0.5) is 5.69 Å². The van der Waals surface area contributed by atoms with E-state index >= 15 is 0 Å². The number of hydrogen-bond donors (Lipinski definition) is 1. The summed E-state index contributed by atoms with van der Waals surface area (Å²) in [5.74, 6) is -0.0299. The first-order valence-electron chi connectivity index (χ1n) is 10.9. The molecule has 6 heteroatoms. The van der Waals surface area contributed by atoms with Crippen LogP contribution in [0.15, 0.2) is 108 Å². The Morgan fingerprint density at radius 3 is 1.68 bits per heavy atom. The van der Waals surface area contributed by atoms with Crippen molar-refractivity contribution >= 4 is 62.3 Å². The molecule has 1 N–H and O–H groups in total. The Morgan fingerprint density at radius 2 is 1.26 bits per heavy atom. The van der Waals surface area contributed by atoms with Gasteiger partial charge in [-0.1, -0.05) is 73.1 Å². The van der Waals surface area contributed by atoms with Crippen molar-refractivity contribution in [2.45, 2.75) is 19.5 Å². The van der Waals surface area contributed by atoms with Gasteiger partial charge in [-0.2, -0.15) is 0 Å². The fourth-order valence-corrected chi connectivity index (χ4v) is 8.91. The summed E-state index contributed by atoms with van der Waals surface area (Å²) in [5.41, 5.74) is 1.82. The second-order valence-electron chi connectivity index (χ2n) is 7.80. The quantitative estimate of drug-likeness (QED) is 0.313. The number of amides is 1. The number of rotatable bonds is 7. The molecule has 0 unspecified atom stereocenters. The molecule has 0 fully saturated rings. The molecular formula is C28H25Br2ClNOP. The van der Waals surface area contributed by atoms with Gasteiger partial charge in [-0.05, 0) is 64.5 Å². The predicted octanol–water partition coefficient (Wildman–Crippen LogP) is 3.95. The predicted molar refractivity (Wildman–Crippen MR) is 147 cm³/mol. The maximum absolute atomic E-state index is 12.3. The van der Waals surface area contributed by atoms with Crippen molar-refractivity contribution in [1.82, 2.24) is 0 Å². The molecule has 174 valence electrons. The zero-order valence-electron chi connectivity index (χ0n) is 18.7. The molecule has 0 aliphatic heterocycles. The van der Waals surface area contributed by atoms with E-state index in [2.05, 4.69) is 118 Å². The minimum atomic E-state index is -2.10. The average Bonchev–Trinajstić information content (AvgIpc) is 2.87. The largest absolute Gasteiger partial charge is 1.00 e. The zero-order valence-corrected chi connectivity index (χ0v) is 23.5. The monoisotopic (exact) mass is 615 g/mol. The van der Waals surface area contributed by atoms with Crippen molar-refractivity contribution in [1.29, 1.82) is 0 Å². The van der Waals surface area contributed by atoms with Crippen molar-refractivity contribution in [3.8, 4) is 0 Å². The zero-order chi connectivity index (χ0) is 23.3. The van der Waals surface area contributed by atoms with Crippen LogP contribution in [0.3, 0.4) is 0 Å². The van der Waals surface area contributed by atoms with Gasteiger partial charge in [-0.3, -0.25) is 4.79 Å². The molecule has 0 aliphatic carbocycles. The summed E-state index contributed by atoms with van der Waals surface area (Å²) in [6, 6.07) is 36.1. The van der Waals surface area contributed by atoms with E-state index in [1.807, 2.05) is 13.0 Å². The first kappa shape index (κ1) is 26.6. The maximum atomic E-state index is 12.3. The highest BCUT2D eigenvalue weighted by molar-refractivity contribution is 9.10. The van der Waals surface area contributed by atoms with Crippen molar-refractivity contribution in [2.75, 3.05) is 5.32 Å². The average molecular weight is 618 g/mol. The van der Waals surface area contributed by atoms with Crippen molar-refractivity contribution in [3.05, 3.63) is 118 Å². The van der Waals surface area contributed by atoms with E-state index in [1.165, 1.54) is 15.9 Å². The van der Waals surface area contributed by atoms with Gasteiger partial charge in [0.1, 0.15) is 29.3 Å². The van der Waals surface area contributed by atoms with Gasteiger partial charge in [0.25, 0.3) is 0 Å². The van der Waals surface area contributed by atoms with Crippen LogP contribution in [0.5, 0.6) is 0 Å². The summed E-state index contributed by atoms with van der Waals surface area (Å²) < 4.78 is 0.820. The maximum Gasteiger partial charge on any atom is 0.224 e. The molecule has 1 amide bonds. The number of benzene rings is 4. The molecule has 4 aromatic carbocycles. The Hall–Kier alpha value is -1.97. The molecular weight excluding hydrogens is 593 g/mol. The van der Waals surface area contributed by atoms with Gasteiger partial charge in [-0.15, -0.1) is 0 Å². The lowest BCUT2D eigenvalue weighted by molar-refractivity contribution is -0.115. The van der Waals surface area contributed by atoms with Crippen LogP contribution in [0.25, 0.3) is 0 Å². The molecule has 0 heterocycles. The van der Waals surface area contributed by atoms with E-state index < -0.39 is 7.26 Å². The molecule has 0 spiro atoms. The lowest BCUT2D eigenvalue weighted by atomic mass is 10.2. The summed E-state index contributed by atoms with van der Waals surface area (Å²) >= 11 is 10.1. The Bertz CT molecular complexity index is 1140. The van der Waals surface area contributed by atoms with Crippen molar-refractivity contribution < 1.29 is 21.8 Å². The fourth-order valence-electron chi connectivity index (χ4n) is 4.10. The molecule has 4 aromatic rings. The molecule has 0 bridgehead atoms. The van der Waals surface area contributed by atoms with Crippen LogP contribution in [-0.2, 0) is 11.0 Å². The Morgan fingerprint density at radius 1 is 0.824 bits per heavy atom. The van der Waals surface area contributed by atoms with Crippen LogP contribution >= 0.6 is 34.8 Å². The van der Waals surface area contributed by atoms with Crippen LogP contribution in [0.1, 0.15) is 18.9 Å². The molecule has 0 radical (unpaired) electrons. The Labute approximate surface area is 226 Å². The molecule has 0 aromatic heterocycles. The van der Waals surface area contributed by atoms with E-state index in [-0.39, 0.29) is 22.9 Å². The summed E-state index contributed by atoms with van der Waals surface area (Å²) in [4.78, 5) is 12.3. The van der Waals surface area contributed by atoms with Crippen LogP contribution in [-0.4, -0.2) is 5.91 Å². The van der Waals surface area contributed by atoms with E-state index in [0.29, 0.717) is 11.4 Å². The molecule has 0 saturated carbocycles. The highest BCUT2D eigenvalue weighted by Crippen LogP contribution is 2.59. The standard InChI is InChI=1S/C28H24BrClNOP.BrH/c1-2-28(32)31-27-19-26(30)25(29)18-21(27)20-33(22-12-6-3-7-13-22,23-14-8-4-9-15-23)24-16-10-5-11-17-24;/h3-19H,2,20H2,1H3;1H. The van der Waals surface area contributed by atoms with E-state index in [9.17, 15) is 4.79 Å². The van der Waals surface area contributed by atoms with Gasteiger partial charge in [0.2, 0.25) is 5.91 Å². The van der Waals surface area contributed by atoms with Gasteiger partial charge in [0.15, 0.2) is 0 Å². The third-order valence-electron chi connectivity index (χ3n) is 5.74. The first-order valence-corrected chi connectivity index (χ1v) is 14.0. The van der Waals surface area contributed by atoms with E-state index in [4.69, 9.17) is 11.6 Å². The third-order valence-corrected chi connectivity index (χ3v) is 11.3. The second-order valence-corrected chi connectivity index (χ2v) is 12.5. The van der Waals surface area contributed by atoms with Crippen molar-refractivity contribution in [3.63, 3.8) is 0 Å². The van der Waals surface area contributed by atoms with Crippen LogP contribution < -0.4 is 38.2 Å². The number of carbonyl (C=O) groups is 1. The molecule has 2 nitrogen and oxygen atoms in total. The number of carbonyl (C=O) groups excluding carboxylic acids is 1. The molecule has 0 aliphatic rings. The Kier molecular flexibility index (Phi) is 9.50. The highest BCUT2D eigenvalue weighted by Gasteiger charge is 2.46. The SMILES string of the molecule is CCC(=O)Nc1cc(Cl)c(Br)cc1C[P+](c1ccccc1)(c1ccccc1)c1ccccc1.[Br-]. The number of halogens is 3. The Balaban J connectivity index is 0.00000324. The van der Waals surface area contributed by atoms with Gasteiger partial charge >= 0.3 is 0 Å². The molecule has 0 atom stereocenters. The van der Waals surface area contributed by atoms with Gasteiger partial charge < -0.3 is 22.3 Å². The molecule has 34 heavy (non-hydrogen) atoms. The third kappa shape index (κ3) is 5.63. The summed E-state index contributed by atoms with van der Waals surface area (Å²) in [6.07, 6.45) is 1.16. The minimum Gasteiger partial charge on any atom is -1.00 e. The highest BCUT2D eigenvalue weighted by atomic mass is 79.9. The normalized spacial score (nSPS) is 10.9. The summed E-state index contributed by atoms with van der Waals surface area (Å²) in [5, 5.41) is 7.53. The lowest BCUT2D eigenvalue weighted by Gasteiger charge is -2.28. The van der Waals surface area contributed by atoms with Gasteiger partial charge in [0.05, 0.1) is 5.02 Å². The lowest BCUT2D eigenvalue weighted by Crippen LogP contribution is -3.00. The van der Waals surface area contributed by atoms with Crippen LogP contribution in [0.2, 0.25) is 5.02 Å². The second kappa shape index (κ2) is 12.1. The van der Waals surface area contributed by atoms with Crippen LogP contribution in [0, 0.1) is 0 Å². The minimum absolute atomic E-state index is 0. The van der Waals surface area contributed by atoms with Gasteiger partial charge in [-0.25, -0.2) is 0 Å². The summed E-state index contributed by atoms with van der Waals surface area (Å²) in [7, 11) is -2.10. The number of hydrogen-bond acceptors (Lipinski definition) is 1. The smallest absolute Gasteiger partial charge is 0.224 e. The topological polar surface area (TPSA) is 29.1 Å². The molecule has 0 saturated heterocycles. The van der Waals surface area contributed by atoms with Gasteiger partial charge in [0, 0.05) is 22.1 Å². The number of nitrogens with one attached hydrogen (secondary N) is 1. The molecule has 4 rings (SSSR count). The summed E-state index contributed by atoms with van der Waals surface area (Å²) in [6.45, 7) is 1.85. The van der Waals surface area contributed by atoms with E-state index in [0.717, 1.165) is 21.9 Å². The number of anilines is 1. The van der Waals surface area contributed by atoms with Crippen molar-refractivity contribution in [2.24, 2.45) is 0 Å². The first-order chi connectivity index (χ1) is 16.0. The van der Waals surface area contributed by atoms with E-state index in [1.54, 1.807) is 0 Å².